The van der Waals surface area contributed by atoms with Crippen molar-refractivity contribution < 1.29 is 24.1 Å². The van der Waals surface area contributed by atoms with Crippen LogP contribution >= 0.6 is 11.6 Å². The molecule has 2 N–H and O–H groups in total. The van der Waals surface area contributed by atoms with E-state index < -0.39 is 5.60 Å². The summed E-state index contributed by atoms with van der Waals surface area (Å²) < 4.78 is 20.1. The van der Waals surface area contributed by atoms with Crippen molar-refractivity contribution in [1.82, 2.24) is 20.1 Å². The zero-order valence-electron chi connectivity index (χ0n) is 32.9. The van der Waals surface area contributed by atoms with E-state index in [1.54, 1.807) is 57.4 Å². The Morgan fingerprint density at radius 3 is 2.29 bits per heavy atom. The van der Waals surface area contributed by atoms with Gasteiger partial charge in [0, 0.05) is 55.6 Å². The first-order chi connectivity index (χ1) is 27.9. The number of nitrogens with zero attached hydrogens (tertiary/aromatic N) is 5. The van der Waals surface area contributed by atoms with Gasteiger partial charge in [-0.1, -0.05) is 17.7 Å². The Bertz CT molecular complexity index is 2320. The van der Waals surface area contributed by atoms with Gasteiger partial charge in [0.2, 0.25) is 5.56 Å². The highest BCUT2D eigenvalue weighted by Crippen LogP contribution is 2.37. The molecule has 300 valence electrons. The van der Waals surface area contributed by atoms with Crippen LogP contribution in [0.2, 0.25) is 5.02 Å². The van der Waals surface area contributed by atoms with Gasteiger partial charge in [0.15, 0.2) is 11.5 Å². The number of halogens is 1. The Balaban J connectivity index is 0.851. The highest BCUT2D eigenvalue weighted by Gasteiger charge is 2.26. The molecular weight excluding hydrogens is 756 g/mol. The Morgan fingerprint density at radius 2 is 1.64 bits per heavy atom. The maximum Gasteiger partial charge on any atom is 0.272 e. The van der Waals surface area contributed by atoms with E-state index in [1.165, 1.54) is 10.6 Å². The molecule has 0 unspecified atom stereocenters. The second-order valence-electron chi connectivity index (χ2n) is 15.5. The third-order valence-corrected chi connectivity index (χ3v) is 11.1. The third-order valence-electron chi connectivity index (χ3n) is 10.8. The van der Waals surface area contributed by atoms with E-state index in [4.69, 9.17) is 31.1 Å². The van der Waals surface area contributed by atoms with E-state index in [-0.39, 0.29) is 23.6 Å². The van der Waals surface area contributed by atoms with Crippen molar-refractivity contribution in [1.29, 1.82) is 5.26 Å². The van der Waals surface area contributed by atoms with Crippen LogP contribution in [0, 0.1) is 17.2 Å². The van der Waals surface area contributed by atoms with Crippen molar-refractivity contribution in [3.63, 3.8) is 0 Å². The summed E-state index contributed by atoms with van der Waals surface area (Å²) in [5.74, 6) is 3.52. The number of nitriles is 1. The van der Waals surface area contributed by atoms with Crippen LogP contribution in [0.5, 0.6) is 23.0 Å². The van der Waals surface area contributed by atoms with Crippen molar-refractivity contribution in [2.45, 2.75) is 70.1 Å². The second-order valence-corrected chi connectivity index (χ2v) is 16.0. The summed E-state index contributed by atoms with van der Waals surface area (Å²) in [6.07, 6.45) is 6.80. The maximum atomic E-state index is 13.0. The molecule has 3 aromatic carbocycles. The molecule has 0 radical (unpaired) electrons. The lowest BCUT2D eigenvalue weighted by Crippen LogP contribution is -2.40. The number of piperidine rings is 1. The largest absolute Gasteiger partial charge is 0.493 e. The van der Waals surface area contributed by atoms with Crippen LogP contribution in [0.25, 0.3) is 11.1 Å². The third kappa shape index (κ3) is 9.96. The summed E-state index contributed by atoms with van der Waals surface area (Å²) in [5, 5.41) is 31.9. The first-order valence-electron chi connectivity index (χ1n) is 19.6. The van der Waals surface area contributed by atoms with Crippen LogP contribution in [0.1, 0.15) is 74.0 Å². The highest BCUT2D eigenvalue weighted by molar-refractivity contribution is 6.31. The summed E-state index contributed by atoms with van der Waals surface area (Å²) in [7, 11) is 1.70. The SMILES string of the molecule is Cn1cc(-c2cc(C(C)(C)O)ccc2Oc2ccc(OCC3CCN(c4ccc(C(=O)N[C@H]5CC[C@H](Oc6ccc(C#N)c(Cl)c6)CC5)nn4)CC3)cc2)ccc1=O. The molecular formula is C45H47ClN6O6. The number of nitrogens with one attached hydrogen (secondary N) is 1. The number of carbonyl (C=O) groups is 1. The first kappa shape index (κ1) is 40.3. The average molecular weight is 803 g/mol. The Morgan fingerprint density at radius 1 is 0.914 bits per heavy atom. The molecule has 0 atom stereocenters. The van der Waals surface area contributed by atoms with Crippen LogP contribution < -0.4 is 30.0 Å². The minimum absolute atomic E-state index is 0.0203. The molecule has 2 aliphatic rings. The first-order valence-corrected chi connectivity index (χ1v) is 20.0. The number of aliphatic hydroxyl groups is 1. The topological polar surface area (TPSA) is 152 Å². The van der Waals surface area contributed by atoms with E-state index >= 15 is 0 Å². The number of benzene rings is 3. The van der Waals surface area contributed by atoms with Crippen LogP contribution in [0.15, 0.2) is 95.9 Å². The number of aromatic nitrogens is 3. The lowest BCUT2D eigenvalue weighted by Gasteiger charge is -2.32. The maximum absolute atomic E-state index is 13.0. The summed E-state index contributed by atoms with van der Waals surface area (Å²) >= 11 is 6.15. The van der Waals surface area contributed by atoms with Gasteiger partial charge >= 0.3 is 0 Å². The minimum Gasteiger partial charge on any atom is -0.493 e. The predicted octanol–water partition coefficient (Wildman–Crippen LogP) is 7.80. The van der Waals surface area contributed by atoms with Gasteiger partial charge in [0.1, 0.15) is 29.1 Å². The fourth-order valence-electron chi connectivity index (χ4n) is 7.30. The zero-order chi connectivity index (χ0) is 40.8. The van der Waals surface area contributed by atoms with Gasteiger partial charge in [-0.3, -0.25) is 9.59 Å². The van der Waals surface area contributed by atoms with Crippen LogP contribution in [-0.2, 0) is 12.6 Å². The zero-order valence-corrected chi connectivity index (χ0v) is 33.6. The standard InChI is InChI=1S/C45H47ClN6O6/c1-45(2,55)32-6-17-41(38(24-32)31-5-19-43(53)51(3)27-31)58-36-14-12-34(13-15-36)56-28-29-20-22-52(23-21-29)42-18-16-40(49-50-42)44(54)48-33-7-10-35(11-8-33)57-37-9-4-30(26-47)39(46)25-37/h4-6,9,12-19,24-25,27,29,33,35,55H,7-8,10-11,20-23,28H2,1-3H3,(H,48,54)/t33-,35-. The van der Waals surface area contributed by atoms with Gasteiger partial charge in [0.25, 0.3) is 5.91 Å². The number of aryl methyl sites for hydroxylation is 1. The molecule has 13 heteroatoms. The van der Waals surface area contributed by atoms with Gasteiger partial charge < -0.3 is 34.1 Å². The minimum atomic E-state index is -1.05. The molecule has 1 amide bonds. The number of ether oxygens (including phenoxy) is 3. The van der Waals surface area contributed by atoms with E-state index in [1.807, 2.05) is 48.5 Å². The second kappa shape index (κ2) is 17.7. The van der Waals surface area contributed by atoms with Crippen molar-refractivity contribution in [2.75, 3.05) is 24.6 Å². The number of pyridine rings is 1. The van der Waals surface area contributed by atoms with Gasteiger partial charge in [-0.05, 0) is 131 Å². The number of carbonyl (C=O) groups excluding carboxylic acids is 1. The van der Waals surface area contributed by atoms with Gasteiger partial charge in [-0.2, -0.15) is 5.26 Å². The van der Waals surface area contributed by atoms with Crippen LogP contribution in [-0.4, -0.2) is 57.6 Å². The van der Waals surface area contributed by atoms with E-state index in [0.717, 1.165) is 79.9 Å². The monoisotopic (exact) mass is 802 g/mol. The van der Waals surface area contributed by atoms with Gasteiger partial charge in [0.05, 0.1) is 28.9 Å². The van der Waals surface area contributed by atoms with E-state index in [0.29, 0.717) is 46.1 Å². The summed E-state index contributed by atoms with van der Waals surface area (Å²) in [6.45, 7) is 5.68. The Labute approximate surface area is 343 Å². The molecule has 2 fully saturated rings. The van der Waals surface area contributed by atoms with Crippen molar-refractivity contribution in [2.24, 2.45) is 13.0 Å². The molecule has 3 heterocycles. The molecule has 58 heavy (non-hydrogen) atoms. The Kier molecular flexibility index (Phi) is 12.3. The van der Waals surface area contributed by atoms with Crippen molar-refractivity contribution in [3.8, 4) is 40.2 Å². The summed E-state index contributed by atoms with van der Waals surface area (Å²) in [6, 6.07) is 27.1. The quantitative estimate of drug-likeness (QED) is 0.128. The van der Waals surface area contributed by atoms with Gasteiger partial charge in [-0.15, -0.1) is 10.2 Å². The highest BCUT2D eigenvalue weighted by atomic mass is 35.5. The van der Waals surface area contributed by atoms with Crippen molar-refractivity contribution in [3.05, 3.63) is 123 Å². The summed E-state index contributed by atoms with van der Waals surface area (Å²) in [5.41, 5.74) is 1.85. The van der Waals surface area contributed by atoms with Crippen LogP contribution in [0.4, 0.5) is 5.82 Å². The molecule has 2 aromatic heterocycles. The molecule has 1 aliphatic carbocycles. The number of amides is 1. The molecule has 0 spiro atoms. The Hall–Kier alpha value is -5.90. The number of hydrogen-bond donors (Lipinski definition) is 2. The molecule has 1 aliphatic heterocycles. The molecule has 0 bridgehead atoms. The van der Waals surface area contributed by atoms with E-state index in [2.05, 4.69) is 26.5 Å². The fraction of sp³-hybridized carbons (Fsp3) is 0.356. The lowest BCUT2D eigenvalue weighted by molar-refractivity contribution is 0.0786. The molecule has 5 aromatic rings. The fourth-order valence-corrected chi connectivity index (χ4v) is 7.52. The molecule has 1 saturated carbocycles. The smallest absolute Gasteiger partial charge is 0.272 e. The normalized spacial score (nSPS) is 17.3. The number of rotatable bonds is 12. The molecule has 1 saturated heterocycles. The van der Waals surface area contributed by atoms with E-state index in [9.17, 15) is 14.7 Å². The average Bonchev–Trinajstić information content (AvgIpc) is 3.22. The lowest BCUT2D eigenvalue weighted by atomic mass is 9.93. The summed E-state index contributed by atoms with van der Waals surface area (Å²) in [4.78, 5) is 27.2. The van der Waals surface area contributed by atoms with Gasteiger partial charge in [-0.25, -0.2) is 0 Å². The van der Waals surface area contributed by atoms with Crippen molar-refractivity contribution >= 4 is 23.3 Å². The molecule has 12 nitrogen and oxygen atoms in total. The number of hydrogen-bond acceptors (Lipinski definition) is 10. The van der Waals surface area contributed by atoms with Crippen LogP contribution in [0.3, 0.4) is 0 Å². The predicted molar refractivity (Wildman–Crippen MR) is 222 cm³/mol. The number of anilines is 1. The molecule has 7 rings (SSSR count).